The van der Waals surface area contributed by atoms with Gasteiger partial charge in [0, 0.05) is 11.3 Å². The summed E-state index contributed by atoms with van der Waals surface area (Å²) in [5.41, 5.74) is 0.617. The molecule has 0 aromatic heterocycles. The van der Waals surface area contributed by atoms with Gasteiger partial charge in [0.1, 0.15) is 6.54 Å². The molecular formula is C17H16N2O7S. The van der Waals surface area contributed by atoms with Crippen molar-refractivity contribution < 1.29 is 33.0 Å². The Balaban J connectivity index is 2.18. The summed E-state index contributed by atoms with van der Waals surface area (Å²) in [5, 5.41) is 19.8. The lowest BCUT2D eigenvalue weighted by molar-refractivity contribution is -0.135. The van der Waals surface area contributed by atoms with Crippen molar-refractivity contribution in [3.05, 3.63) is 59.2 Å². The Morgan fingerprint density at radius 3 is 2.19 bits per heavy atom. The average Bonchev–Trinajstić information content (AvgIpc) is 2.59. The molecule has 142 valence electrons. The van der Waals surface area contributed by atoms with Crippen LogP contribution < -0.4 is 10.0 Å². The second-order valence-electron chi connectivity index (χ2n) is 5.54. The number of nitrogens with one attached hydrogen (secondary N) is 2. The molecule has 0 radical (unpaired) electrons. The minimum absolute atomic E-state index is 0.122. The Bertz CT molecular complexity index is 998. The summed E-state index contributed by atoms with van der Waals surface area (Å²) in [7, 11) is -4.03. The van der Waals surface area contributed by atoms with Gasteiger partial charge in [-0.2, -0.15) is 0 Å². The highest BCUT2D eigenvalue weighted by Gasteiger charge is 2.18. The molecule has 0 saturated carbocycles. The van der Waals surface area contributed by atoms with Crippen LogP contribution in [0, 0.1) is 6.92 Å². The van der Waals surface area contributed by atoms with Gasteiger partial charge in [-0.3, -0.25) is 14.3 Å². The van der Waals surface area contributed by atoms with E-state index in [-0.39, 0.29) is 21.7 Å². The highest BCUT2D eigenvalue weighted by atomic mass is 32.2. The number of aryl methyl sites for hydroxylation is 1. The predicted molar refractivity (Wildman–Crippen MR) is 95.4 cm³/mol. The Labute approximate surface area is 154 Å². The molecule has 4 N–H and O–H groups in total. The van der Waals surface area contributed by atoms with Crippen molar-refractivity contribution in [1.82, 2.24) is 5.32 Å². The van der Waals surface area contributed by atoms with Crippen molar-refractivity contribution in [2.75, 3.05) is 11.3 Å². The van der Waals surface area contributed by atoms with Crippen molar-refractivity contribution in [3.63, 3.8) is 0 Å². The van der Waals surface area contributed by atoms with E-state index >= 15 is 0 Å². The number of carbonyl (C=O) groups excluding carboxylic acids is 1. The van der Waals surface area contributed by atoms with Crippen LogP contribution in [0.4, 0.5) is 5.69 Å². The number of benzene rings is 2. The van der Waals surface area contributed by atoms with Gasteiger partial charge in [-0.15, -0.1) is 0 Å². The highest BCUT2D eigenvalue weighted by molar-refractivity contribution is 7.92. The molecule has 0 heterocycles. The van der Waals surface area contributed by atoms with Gasteiger partial charge < -0.3 is 15.5 Å². The van der Waals surface area contributed by atoms with E-state index in [2.05, 4.69) is 10.0 Å². The minimum Gasteiger partial charge on any atom is -0.480 e. The predicted octanol–water partition coefficient (Wildman–Crippen LogP) is 1.31. The molecule has 2 rings (SSSR count). The van der Waals surface area contributed by atoms with Crippen LogP contribution in [-0.2, 0) is 14.8 Å². The maximum Gasteiger partial charge on any atom is 0.335 e. The third kappa shape index (κ3) is 5.05. The number of anilines is 1. The van der Waals surface area contributed by atoms with E-state index in [1.807, 2.05) is 0 Å². The quantitative estimate of drug-likeness (QED) is 0.555. The van der Waals surface area contributed by atoms with E-state index in [0.29, 0.717) is 5.56 Å². The van der Waals surface area contributed by atoms with E-state index in [0.717, 1.165) is 6.07 Å². The SMILES string of the molecule is Cc1ccc(S(=O)(=O)Nc2ccc(C(=O)NCC(=O)O)cc2)cc1C(=O)O. The number of rotatable bonds is 7. The lowest BCUT2D eigenvalue weighted by atomic mass is 10.1. The standard InChI is InChI=1S/C17H16N2O7S/c1-10-2-7-13(8-14(10)17(23)24)27(25,26)19-12-5-3-11(4-6-12)16(22)18-9-15(20)21/h2-8,19H,9H2,1H3,(H,18,22)(H,20,21)(H,23,24). The second kappa shape index (κ2) is 7.87. The summed E-state index contributed by atoms with van der Waals surface area (Å²) < 4.78 is 27.2. The van der Waals surface area contributed by atoms with Crippen LogP contribution in [-0.4, -0.2) is 43.0 Å². The van der Waals surface area contributed by atoms with Crippen molar-refractivity contribution in [2.45, 2.75) is 11.8 Å². The van der Waals surface area contributed by atoms with Gasteiger partial charge in [0.15, 0.2) is 0 Å². The zero-order chi connectivity index (χ0) is 20.2. The Morgan fingerprint density at radius 2 is 1.63 bits per heavy atom. The number of aromatic carboxylic acids is 1. The summed E-state index contributed by atoms with van der Waals surface area (Å²) >= 11 is 0. The summed E-state index contributed by atoms with van der Waals surface area (Å²) in [6.07, 6.45) is 0. The molecule has 0 aliphatic carbocycles. The molecule has 10 heteroatoms. The highest BCUT2D eigenvalue weighted by Crippen LogP contribution is 2.20. The van der Waals surface area contributed by atoms with E-state index in [9.17, 15) is 22.8 Å². The van der Waals surface area contributed by atoms with Crippen LogP contribution in [0.5, 0.6) is 0 Å². The molecule has 9 nitrogen and oxygen atoms in total. The molecule has 0 bridgehead atoms. The first kappa shape index (κ1) is 19.9. The third-order valence-electron chi connectivity index (χ3n) is 3.55. The van der Waals surface area contributed by atoms with Gasteiger partial charge in [-0.05, 0) is 48.9 Å². The molecule has 0 fully saturated rings. The van der Waals surface area contributed by atoms with Crippen molar-refractivity contribution in [2.24, 2.45) is 0 Å². The number of carbonyl (C=O) groups is 3. The third-order valence-corrected chi connectivity index (χ3v) is 4.93. The maximum atomic E-state index is 12.4. The van der Waals surface area contributed by atoms with E-state index in [1.54, 1.807) is 6.92 Å². The van der Waals surface area contributed by atoms with Crippen LogP contribution in [0.1, 0.15) is 26.3 Å². The Morgan fingerprint density at radius 1 is 1.00 bits per heavy atom. The minimum atomic E-state index is -4.03. The average molecular weight is 392 g/mol. The molecule has 27 heavy (non-hydrogen) atoms. The van der Waals surface area contributed by atoms with Crippen molar-refractivity contribution in [1.29, 1.82) is 0 Å². The first-order chi connectivity index (χ1) is 12.6. The van der Waals surface area contributed by atoms with Crippen molar-refractivity contribution >= 4 is 33.6 Å². The number of hydrogen-bond acceptors (Lipinski definition) is 5. The Hall–Kier alpha value is -3.40. The molecule has 2 aromatic rings. The molecule has 0 spiro atoms. The van der Waals surface area contributed by atoms with E-state index in [4.69, 9.17) is 10.2 Å². The van der Waals surface area contributed by atoms with Crippen LogP contribution >= 0.6 is 0 Å². The Kier molecular flexibility index (Phi) is 5.81. The molecule has 0 atom stereocenters. The number of carboxylic acids is 2. The number of amides is 1. The lowest BCUT2D eigenvalue weighted by Crippen LogP contribution is -2.29. The molecule has 1 amide bonds. The molecule has 0 aliphatic heterocycles. The first-order valence-electron chi connectivity index (χ1n) is 7.57. The molecule has 0 unspecified atom stereocenters. The van der Waals surface area contributed by atoms with Gasteiger partial charge in [0.25, 0.3) is 15.9 Å². The molecule has 0 aliphatic rings. The second-order valence-corrected chi connectivity index (χ2v) is 7.22. The number of hydrogen-bond donors (Lipinski definition) is 4. The fourth-order valence-corrected chi connectivity index (χ4v) is 3.24. The number of sulfonamides is 1. The summed E-state index contributed by atoms with van der Waals surface area (Å²) in [4.78, 5) is 33.1. The molecule has 2 aromatic carbocycles. The maximum absolute atomic E-state index is 12.4. The van der Waals surface area contributed by atoms with Crippen LogP contribution in [0.25, 0.3) is 0 Å². The first-order valence-corrected chi connectivity index (χ1v) is 9.05. The smallest absolute Gasteiger partial charge is 0.335 e. The van der Waals surface area contributed by atoms with Crippen molar-refractivity contribution in [3.8, 4) is 0 Å². The number of aliphatic carboxylic acids is 1. The van der Waals surface area contributed by atoms with Crippen LogP contribution in [0.15, 0.2) is 47.4 Å². The monoisotopic (exact) mass is 392 g/mol. The summed E-state index contributed by atoms with van der Waals surface area (Å²) in [5.74, 6) is -3.04. The normalized spacial score (nSPS) is 10.9. The summed E-state index contributed by atoms with van der Waals surface area (Å²) in [6, 6.07) is 9.07. The van der Waals surface area contributed by atoms with Gasteiger partial charge in [0.2, 0.25) is 0 Å². The zero-order valence-electron chi connectivity index (χ0n) is 14.1. The fourth-order valence-electron chi connectivity index (χ4n) is 2.16. The van der Waals surface area contributed by atoms with Crippen LogP contribution in [0.3, 0.4) is 0 Å². The summed E-state index contributed by atoms with van der Waals surface area (Å²) in [6.45, 7) is 1.02. The van der Waals surface area contributed by atoms with Gasteiger partial charge in [0.05, 0.1) is 10.5 Å². The lowest BCUT2D eigenvalue weighted by Gasteiger charge is -2.10. The number of carboxylic acid groups (broad SMARTS) is 2. The van der Waals surface area contributed by atoms with E-state index < -0.39 is 34.4 Å². The van der Waals surface area contributed by atoms with Gasteiger partial charge in [-0.25, -0.2) is 13.2 Å². The largest absolute Gasteiger partial charge is 0.480 e. The molecule has 0 saturated heterocycles. The topological polar surface area (TPSA) is 150 Å². The fraction of sp³-hybridized carbons (Fsp3) is 0.118. The molecular weight excluding hydrogens is 376 g/mol. The van der Waals surface area contributed by atoms with Crippen LogP contribution in [0.2, 0.25) is 0 Å². The van der Waals surface area contributed by atoms with Gasteiger partial charge >= 0.3 is 11.9 Å². The zero-order valence-corrected chi connectivity index (χ0v) is 14.9. The van der Waals surface area contributed by atoms with E-state index in [1.165, 1.54) is 36.4 Å². The van der Waals surface area contributed by atoms with Gasteiger partial charge in [-0.1, -0.05) is 6.07 Å².